The van der Waals surface area contributed by atoms with E-state index in [9.17, 15) is 18.0 Å². The Labute approximate surface area is 190 Å². The molecule has 2 amide bonds. The zero-order valence-electron chi connectivity index (χ0n) is 18.2. The summed E-state index contributed by atoms with van der Waals surface area (Å²) in [6.45, 7) is 0.679. The summed E-state index contributed by atoms with van der Waals surface area (Å²) in [6, 6.07) is 16.4. The van der Waals surface area contributed by atoms with E-state index in [2.05, 4.69) is 15.4 Å². The van der Waals surface area contributed by atoms with Gasteiger partial charge in [-0.1, -0.05) is 61.7 Å². The Kier molecular flexibility index (Phi) is 8.81. The maximum atomic E-state index is 12.6. The molecule has 0 radical (unpaired) electrons. The number of amides is 2. The van der Waals surface area contributed by atoms with Gasteiger partial charge in [0.05, 0.1) is 4.90 Å². The van der Waals surface area contributed by atoms with Crippen LogP contribution in [0.2, 0.25) is 0 Å². The Balaban J connectivity index is 1.38. The molecule has 8 heteroatoms. The average molecular weight is 458 g/mol. The van der Waals surface area contributed by atoms with Crippen LogP contribution in [0, 0.1) is 0 Å². The molecule has 1 aliphatic rings. The molecule has 32 heavy (non-hydrogen) atoms. The normalized spacial score (nSPS) is 14.6. The predicted molar refractivity (Wildman–Crippen MR) is 124 cm³/mol. The summed E-state index contributed by atoms with van der Waals surface area (Å²) in [5, 5.41) is 5.21. The Morgan fingerprint density at radius 2 is 1.28 bits per heavy atom. The van der Waals surface area contributed by atoms with Gasteiger partial charge in [0.2, 0.25) is 10.0 Å². The van der Waals surface area contributed by atoms with Crippen molar-refractivity contribution in [3.8, 4) is 0 Å². The number of carbonyl (C=O) groups excluding carboxylic acids is 2. The molecule has 2 aromatic rings. The van der Waals surface area contributed by atoms with Crippen LogP contribution < -0.4 is 15.4 Å². The zero-order valence-corrected chi connectivity index (χ0v) is 19.0. The van der Waals surface area contributed by atoms with E-state index < -0.39 is 21.8 Å². The summed E-state index contributed by atoms with van der Waals surface area (Å²) < 4.78 is 27.9. The van der Waals surface area contributed by atoms with E-state index >= 15 is 0 Å². The Morgan fingerprint density at radius 1 is 0.750 bits per heavy atom. The second-order valence-corrected chi connectivity index (χ2v) is 9.81. The lowest BCUT2D eigenvalue weighted by Crippen LogP contribution is -2.41. The summed E-state index contributed by atoms with van der Waals surface area (Å²) in [4.78, 5) is 24.1. The number of hydrogen-bond acceptors (Lipinski definition) is 4. The van der Waals surface area contributed by atoms with Crippen LogP contribution >= 0.6 is 0 Å². The minimum absolute atomic E-state index is 0.0162. The lowest BCUT2D eigenvalue weighted by atomic mass is 9.96. The standard InChI is InChI=1S/C24H31N3O4S/c28-23(25-17-15-19-7-3-1-4-8-19)24(29)26-18-16-20-11-13-22(14-12-20)32(30,31)27-21-9-5-2-6-10-21/h1,3-4,7-8,11-14,21,27H,2,5-6,9-10,15-18H2,(H,25,28)(H,26,29). The Morgan fingerprint density at radius 3 is 1.84 bits per heavy atom. The van der Waals surface area contributed by atoms with Crippen LogP contribution in [0.4, 0.5) is 0 Å². The molecule has 0 unspecified atom stereocenters. The van der Waals surface area contributed by atoms with Gasteiger partial charge in [-0.2, -0.15) is 0 Å². The highest BCUT2D eigenvalue weighted by Crippen LogP contribution is 2.20. The molecular formula is C24H31N3O4S. The molecule has 0 aromatic heterocycles. The number of hydrogen-bond donors (Lipinski definition) is 3. The summed E-state index contributed by atoms with van der Waals surface area (Å²) in [5.74, 6) is -1.33. The second kappa shape index (κ2) is 11.8. The molecule has 1 aliphatic carbocycles. The number of sulfonamides is 1. The maximum absolute atomic E-state index is 12.6. The molecular weight excluding hydrogens is 426 g/mol. The van der Waals surface area contributed by atoms with Gasteiger partial charge in [-0.25, -0.2) is 13.1 Å². The minimum atomic E-state index is -3.52. The van der Waals surface area contributed by atoms with Gasteiger partial charge >= 0.3 is 11.8 Å². The highest BCUT2D eigenvalue weighted by molar-refractivity contribution is 7.89. The first kappa shape index (κ1) is 23.9. The van der Waals surface area contributed by atoms with E-state index in [0.717, 1.165) is 36.8 Å². The first-order valence-corrected chi connectivity index (χ1v) is 12.6. The lowest BCUT2D eigenvalue weighted by molar-refractivity contribution is -0.139. The SMILES string of the molecule is O=C(NCCc1ccccc1)C(=O)NCCc1ccc(S(=O)(=O)NC2CCCCC2)cc1. The third-order valence-corrected chi connectivity index (χ3v) is 7.14. The smallest absolute Gasteiger partial charge is 0.309 e. The zero-order chi connectivity index (χ0) is 22.8. The van der Waals surface area contributed by atoms with Crippen LogP contribution in [0.15, 0.2) is 59.5 Å². The molecule has 0 aliphatic heterocycles. The third kappa shape index (κ3) is 7.46. The van der Waals surface area contributed by atoms with Gasteiger partial charge in [-0.3, -0.25) is 9.59 Å². The first-order valence-electron chi connectivity index (χ1n) is 11.2. The molecule has 3 N–H and O–H groups in total. The van der Waals surface area contributed by atoms with Crippen molar-refractivity contribution in [3.63, 3.8) is 0 Å². The highest BCUT2D eigenvalue weighted by Gasteiger charge is 2.21. The molecule has 0 heterocycles. The highest BCUT2D eigenvalue weighted by atomic mass is 32.2. The molecule has 1 fully saturated rings. The van der Waals surface area contributed by atoms with Crippen molar-refractivity contribution in [2.24, 2.45) is 0 Å². The fraction of sp³-hybridized carbons (Fsp3) is 0.417. The topological polar surface area (TPSA) is 104 Å². The van der Waals surface area contributed by atoms with Crippen molar-refractivity contribution >= 4 is 21.8 Å². The molecule has 7 nitrogen and oxygen atoms in total. The van der Waals surface area contributed by atoms with Gasteiger partial charge in [0.25, 0.3) is 0 Å². The molecule has 3 rings (SSSR count). The van der Waals surface area contributed by atoms with Crippen molar-refractivity contribution in [3.05, 3.63) is 65.7 Å². The van der Waals surface area contributed by atoms with Gasteiger partial charge in [0.15, 0.2) is 0 Å². The quantitative estimate of drug-likeness (QED) is 0.503. The fourth-order valence-electron chi connectivity index (χ4n) is 3.79. The first-order chi connectivity index (χ1) is 15.4. The number of benzene rings is 2. The van der Waals surface area contributed by atoms with E-state index in [1.54, 1.807) is 24.3 Å². The van der Waals surface area contributed by atoms with E-state index in [1.165, 1.54) is 6.42 Å². The van der Waals surface area contributed by atoms with E-state index in [0.29, 0.717) is 19.4 Å². The van der Waals surface area contributed by atoms with Gasteiger partial charge in [-0.05, 0) is 48.9 Å². The molecule has 0 spiro atoms. The third-order valence-electron chi connectivity index (χ3n) is 5.61. The van der Waals surface area contributed by atoms with E-state index in [4.69, 9.17) is 0 Å². The van der Waals surface area contributed by atoms with Crippen molar-refractivity contribution in [2.45, 2.75) is 55.9 Å². The molecule has 0 atom stereocenters. The van der Waals surface area contributed by atoms with Gasteiger partial charge in [-0.15, -0.1) is 0 Å². The molecule has 1 saturated carbocycles. The summed E-state index contributed by atoms with van der Waals surface area (Å²) >= 11 is 0. The maximum Gasteiger partial charge on any atom is 0.309 e. The van der Waals surface area contributed by atoms with Crippen molar-refractivity contribution in [1.29, 1.82) is 0 Å². The molecule has 2 aromatic carbocycles. The number of nitrogens with one attached hydrogen (secondary N) is 3. The molecule has 0 bridgehead atoms. The van der Waals surface area contributed by atoms with E-state index in [1.807, 2.05) is 30.3 Å². The van der Waals surface area contributed by atoms with Crippen molar-refractivity contribution in [1.82, 2.24) is 15.4 Å². The Bertz CT molecular complexity index is 986. The van der Waals surface area contributed by atoms with Crippen LogP contribution in [0.1, 0.15) is 43.2 Å². The Hall–Kier alpha value is -2.71. The fourth-order valence-corrected chi connectivity index (χ4v) is 5.09. The molecule has 172 valence electrons. The number of carbonyl (C=O) groups is 2. The average Bonchev–Trinajstić information content (AvgIpc) is 2.80. The van der Waals surface area contributed by atoms with Crippen LogP contribution in [0.3, 0.4) is 0 Å². The van der Waals surface area contributed by atoms with Gasteiger partial charge in [0, 0.05) is 19.1 Å². The van der Waals surface area contributed by atoms with Crippen molar-refractivity contribution in [2.75, 3.05) is 13.1 Å². The minimum Gasteiger partial charge on any atom is -0.348 e. The summed E-state index contributed by atoms with van der Waals surface area (Å²) in [6.07, 6.45) is 6.21. The van der Waals surface area contributed by atoms with Crippen molar-refractivity contribution < 1.29 is 18.0 Å². The largest absolute Gasteiger partial charge is 0.348 e. The van der Waals surface area contributed by atoms with Gasteiger partial charge in [0.1, 0.15) is 0 Å². The monoisotopic (exact) mass is 457 g/mol. The van der Waals surface area contributed by atoms with E-state index in [-0.39, 0.29) is 17.5 Å². The summed E-state index contributed by atoms with van der Waals surface area (Å²) in [7, 11) is -3.52. The summed E-state index contributed by atoms with van der Waals surface area (Å²) in [5.41, 5.74) is 1.97. The number of rotatable bonds is 9. The lowest BCUT2D eigenvalue weighted by Gasteiger charge is -2.22. The second-order valence-electron chi connectivity index (χ2n) is 8.10. The molecule has 0 saturated heterocycles. The predicted octanol–water partition coefficient (Wildman–Crippen LogP) is 2.32. The van der Waals surface area contributed by atoms with Crippen LogP contribution in [-0.2, 0) is 32.5 Å². The van der Waals surface area contributed by atoms with Crippen LogP contribution in [0.5, 0.6) is 0 Å². The van der Waals surface area contributed by atoms with Gasteiger partial charge < -0.3 is 10.6 Å². The van der Waals surface area contributed by atoms with Crippen LogP contribution in [0.25, 0.3) is 0 Å². The van der Waals surface area contributed by atoms with Crippen LogP contribution in [-0.4, -0.2) is 39.4 Å².